The van der Waals surface area contributed by atoms with Gasteiger partial charge < -0.3 is 4.74 Å². The van der Waals surface area contributed by atoms with Gasteiger partial charge in [-0.15, -0.1) is 0 Å². The lowest BCUT2D eigenvalue weighted by Crippen LogP contribution is -2.37. The Balaban J connectivity index is 1.37. The molecule has 144 valence electrons. The number of amides is 2. The zero-order chi connectivity index (χ0) is 19.6. The third-order valence-electron chi connectivity index (χ3n) is 6.13. The zero-order valence-corrected chi connectivity index (χ0v) is 18.5. The van der Waals surface area contributed by atoms with Crippen LogP contribution in [0.25, 0.3) is 0 Å². The van der Waals surface area contributed by atoms with Gasteiger partial charge in [0.2, 0.25) is 11.8 Å². The van der Waals surface area contributed by atoms with E-state index in [1.807, 2.05) is 0 Å². The van der Waals surface area contributed by atoms with Crippen molar-refractivity contribution in [2.24, 2.45) is 23.7 Å². The summed E-state index contributed by atoms with van der Waals surface area (Å²) in [5.41, 5.74) is 0.601. The Kier molecular flexibility index (Phi) is 4.56. The molecule has 3 fully saturated rings. The van der Waals surface area contributed by atoms with Crippen molar-refractivity contribution < 1.29 is 14.3 Å². The van der Waals surface area contributed by atoms with Crippen molar-refractivity contribution in [1.29, 1.82) is 0 Å². The Hall–Kier alpha value is -1.37. The number of nitrogens with zero attached hydrogens (tertiary/aromatic N) is 1. The van der Waals surface area contributed by atoms with E-state index in [2.05, 4.69) is 31.9 Å². The molecule has 1 saturated heterocycles. The van der Waals surface area contributed by atoms with Crippen molar-refractivity contribution in [3.8, 4) is 11.5 Å². The summed E-state index contributed by atoms with van der Waals surface area (Å²) in [6, 6.07) is 14.2. The predicted octanol–water partition coefficient (Wildman–Crippen LogP) is 5.41. The normalized spacial score (nSPS) is 33.5. The van der Waals surface area contributed by atoms with Gasteiger partial charge in [0.1, 0.15) is 11.5 Å². The van der Waals surface area contributed by atoms with Crippen molar-refractivity contribution in [2.75, 3.05) is 4.90 Å². The second-order valence-corrected chi connectivity index (χ2v) is 10.1. The molecule has 7 heteroatoms. The molecule has 3 aliphatic rings. The van der Waals surface area contributed by atoms with Crippen molar-refractivity contribution in [3.63, 3.8) is 0 Å². The van der Waals surface area contributed by atoms with Crippen molar-refractivity contribution in [1.82, 2.24) is 0 Å². The van der Waals surface area contributed by atoms with E-state index in [1.165, 1.54) is 4.90 Å². The quantitative estimate of drug-likeness (QED) is 0.398. The summed E-state index contributed by atoms with van der Waals surface area (Å²) in [5.74, 6) is 1.17. The molecule has 2 aliphatic carbocycles. The van der Waals surface area contributed by atoms with E-state index in [1.54, 1.807) is 48.5 Å². The molecule has 0 N–H and O–H groups in total. The summed E-state index contributed by atoms with van der Waals surface area (Å²) in [6.45, 7) is 0. The average Bonchev–Trinajstić information content (AvgIpc) is 3.29. The van der Waals surface area contributed by atoms with E-state index in [9.17, 15) is 9.59 Å². The van der Waals surface area contributed by atoms with E-state index in [4.69, 9.17) is 16.3 Å². The summed E-state index contributed by atoms with van der Waals surface area (Å²) >= 11 is 13.3. The highest BCUT2D eigenvalue weighted by Crippen LogP contribution is 2.60. The first-order chi connectivity index (χ1) is 13.5. The zero-order valence-electron chi connectivity index (χ0n) is 14.6. The molecule has 0 spiro atoms. The van der Waals surface area contributed by atoms with Gasteiger partial charge in [-0.05, 0) is 66.8 Å². The molecule has 28 heavy (non-hydrogen) atoms. The minimum Gasteiger partial charge on any atom is -0.457 e. The van der Waals surface area contributed by atoms with Gasteiger partial charge in [0.05, 0.1) is 17.5 Å². The summed E-state index contributed by atoms with van der Waals surface area (Å²) in [6.07, 6.45) is 0.931. The Morgan fingerprint density at radius 1 is 0.821 bits per heavy atom. The summed E-state index contributed by atoms with van der Waals surface area (Å²) < 4.78 is 5.79. The largest absolute Gasteiger partial charge is 0.457 e. The molecule has 1 heterocycles. The standard InChI is InChI=1S/C21H16Br2ClNO3/c22-18-14-9-15(19(18)23)17-16(14)20(26)25(21(17)27)11-3-7-13(8-4-11)28-12-5-1-10(24)2-6-12/h1-8,14-19H,9H2/t14-,15+,16-,17-,18+,19-/m0/s1. The first-order valence-electron chi connectivity index (χ1n) is 9.15. The van der Waals surface area contributed by atoms with E-state index in [0.29, 0.717) is 22.2 Å². The molecule has 2 bridgehead atoms. The lowest BCUT2D eigenvalue weighted by atomic mass is 9.81. The fourth-order valence-corrected chi connectivity index (χ4v) is 6.90. The second kappa shape index (κ2) is 6.85. The fourth-order valence-electron chi connectivity index (χ4n) is 4.91. The number of carbonyl (C=O) groups is 2. The van der Waals surface area contributed by atoms with Crippen LogP contribution in [0.15, 0.2) is 48.5 Å². The molecule has 0 radical (unpaired) electrons. The third-order valence-corrected chi connectivity index (χ3v) is 9.59. The summed E-state index contributed by atoms with van der Waals surface area (Å²) in [4.78, 5) is 28.0. The lowest BCUT2D eigenvalue weighted by Gasteiger charge is -2.28. The van der Waals surface area contributed by atoms with Crippen molar-refractivity contribution >= 4 is 61.0 Å². The van der Waals surface area contributed by atoms with Crippen LogP contribution >= 0.6 is 43.5 Å². The molecular formula is C21H16Br2ClNO3. The lowest BCUT2D eigenvalue weighted by molar-refractivity contribution is -0.123. The molecule has 0 aromatic heterocycles. The number of anilines is 1. The van der Waals surface area contributed by atoms with E-state index in [0.717, 1.165) is 6.42 Å². The van der Waals surface area contributed by atoms with E-state index >= 15 is 0 Å². The molecule has 2 aromatic carbocycles. The van der Waals surface area contributed by atoms with Crippen LogP contribution in [-0.2, 0) is 9.59 Å². The van der Waals surface area contributed by atoms with Crippen LogP contribution in [0.5, 0.6) is 11.5 Å². The maximum atomic E-state index is 13.1. The Morgan fingerprint density at radius 2 is 1.29 bits per heavy atom. The molecule has 2 saturated carbocycles. The van der Waals surface area contributed by atoms with Crippen LogP contribution in [0.3, 0.4) is 0 Å². The number of carbonyl (C=O) groups excluding carboxylic acids is 2. The second-order valence-electron chi connectivity index (χ2n) is 7.57. The maximum Gasteiger partial charge on any atom is 0.238 e. The van der Waals surface area contributed by atoms with Crippen LogP contribution in [0.2, 0.25) is 5.02 Å². The Labute approximate surface area is 184 Å². The summed E-state index contributed by atoms with van der Waals surface area (Å²) in [7, 11) is 0. The number of alkyl halides is 2. The highest BCUT2D eigenvalue weighted by molar-refractivity contribution is 9.12. The van der Waals surface area contributed by atoms with Crippen LogP contribution in [0.1, 0.15) is 6.42 Å². The summed E-state index contributed by atoms with van der Waals surface area (Å²) in [5, 5.41) is 0.643. The number of rotatable bonds is 3. The monoisotopic (exact) mass is 523 g/mol. The molecule has 6 atom stereocenters. The molecule has 0 unspecified atom stereocenters. The highest BCUT2D eigenvalue weighted by Gasteiger charge is 2.66. The first-order valence-corrected chi connectivity index (χ1v) is 11.4. The number of imide groups is 1. The van der Waals surface area contributed by atoms with Gasteiger partial charge >= 0.3 is 0 Å². The van der Waals surface area contributed by atoms with Crippen LogP contribution in [-0.4, -0.2) is 21.5 Å². The van der Waals surface area contributed by atoms with Crippen molar-refractivity contribution in [3.05, 3.63) is 53.6 Å². The fraction of sp³-hybridized carbons (Fsp3) is 0.333. The molecule has 2 aromatic rings. The number of hydrogen-bond acceptors (Lipinski definition) is 3. The number of hydrogen-bond donors (Lipinski definition) is 0. The van der Waals surface area contributed by atoms with Gasteiger partial charge in [0.25, 0.3) is 0 Å². The number of benzene rings is 2. The van der Waals surface area contributed by atoms with Gasteiger partial charge in [-0.2, -0.15) is 0 Å². The van der Waals surface area contributed by atoms with E-state index < -0.39 is 0 Å². The van der Waals surface area contributed by atoms with Crippen LogP contribution in [0, 0.1) is 23.7 Å². The Morgan fingerprint density at radius 3 is 1.79 bits per heavy atom. The number of fused-ring (bicyclic) bond motifs is 5. The SMILES string of the molecule is O=C1[C@H]2[C@@H]3C[C@@H]([C@H](Br)[C@@H]3Br)[C@@H]2C(=O)N1c1ccc(Oc2ccc(Cl)cc2)cc1. The molecule has 2 amide bonds. The van der Waals surface area contributed by atoms with Gasteiger partial charge in [-0.3, -0.25) is 14.5 Å². The topological polar surface area (TPSA) is 46.6 Å². The maximum absolute atomic E-state index is 13.1. The minimum atomic E-state index is -0.208. The van der Waals surface area contributed by atoms with Crippen molar-refractivity contribution in [2.45, 2.75) is 16.1 Å². The molecular weight excluding hydrogens is 509 g/mol. The highest BCUT2D eigenvalue weighted by atomic mass is 79.9. The van der Waals surface area contributed by atoms with Gasteiger partial charge in [-0.25, -0.2) is 0 Å². The third kappa shape index (κ3) is 2.76. The van der Waals surface area contributed by atoms with Crippen LogP contribution < -0.4 is 9.64 Å². The van der Waals surface area contributed by atoms with Crippen LogP contribution in [0.4, 0.5) is 5.69 Å². The number of halogens is 3. The first kappa shape index (κ1) is 18.6. The van der Waals surface area contributed by atoms with Gasteiger partial charge in [-0.1, -0.05) is 43.5 Å². The average molecular weight is 526 g/mol. The molecule has 5 rings (SSSR count). The number of ether oxygens (including phenoxy) is 1. The molecule has 1 aliphatic heterocycles. The van der Waals surface area contributed by atoms with Gasteiger partial charge in [0.15, 0.2) is 0 Å². The van der Waals surface area contributed by atoms with Gasteiger partial charge in [0, 0.05) is 14.7 Å². The molecule has 4 nitrogen and oxygen atoms in total. The minimum absolute atomic E-state index is 0.0716. The van der Waals surface area contributed by atoms with E-state index in [-0.39, 0.29) is 45.1 Å². The smallest absolute Gasteiger partial charge is 0.238 e. The Bertz CT molecular complexity index is 917. The predicted molar refractivity (Wildman–Crippen MR) is 114 cm³/mol.